The number of benzene rings is 1. The molecule has 0 aromatic heterocycles. The van der Waals surface area contributed by atoms with Gasteiger partial charge in [-0.2, -0.15) is 0 Å². The molecule has 1 aromatic carbocycles. The average molecular weight is 369 g/mol. The number of nitrogens with one attached hydrogen (secondary N) is 1. The lowest BCUT2D eigenvalue weighted by Crippen LogP contribution is -2.40. The molecule has 5 N–H and O–H groups in total. The summed E-state index contributed by atoms with van der Waals surface area (Å²) in [6, 6.07) is 7.31. The molecule has 2 rings (SSSR count). The standard InChI is InChI=1S/C18H28N4O2.ClH/c1-2-4-16(19)18(24)21-15-8-6-13(7-9-15)11-22-10-3-5-14(12-22)17(20)23;/h6-9,14,16H,2-5,10-12,19H2,1H3,(H2,20,23)(H,21,24);1H. The first-order valence-corrected chi connectivity index (χ1v) is 8.66. The van der Waals surface area contributed by atoms with Gasteiger partial charge in [0.1, 0.15) is 0 Å². The van der Waals surface area contributed by atoms with Gasteiger partial charge in [-0.25, -0.2) is 0 Å². The van der Waals surface area contributed by atoms with E-state index in [0.29, 0.717) is 6.42 Å². The van der Waals surface area contributed by atoms with Gasteiger partial charge in [-0.3, -0.25) is 14.5 Å². The Morgan fingerprint density at radius 1 is 1.32 bits per heavy atom. The number of likely N-dealkylation sites (tertiary alicyclic amines) is 1. The Labute approximate surface area is 155 Å². The molecule has 0 saturated carbocycles. The van der Waals surface area contributed by atoms with E-state index in [1.165, 1.54) is 0 Å². The SMILES string of the molecule is CCCC(N)C(=O)Nc1ccc(CN2CCCC(C(N)=O)C2)cc1.Cl. The highest BCUT2D eigenvalue weighted by molar-refractivity contribution is 5.94. The van der Waals surface area contributed by atoms with Crippen molar-refractivity contribution < 1.29 is 9.59 Å². The van der Waals surface area contributed by atoms with E-state index >= 15 is 0 Å². The predicted octanol–water partition coefficient (Wildman–Crippen LogP) is 1.87. The Hall–Kier alpha value is -1.63. The lowest BCUT2D eigenvalue weighted by molar-refractivity contribution is -0.123. The van der Waals surface area contributed by atoms with Crippen LogP contribution in [-0.4, -0.2) is 35.8 Å². The third-order valence-electron chi connectivity index (χ3n) is 4.47. The van der Waals surface area contributed by atoms with Crippen molar-refractivity contribution >= 4 is 29.9 Å². The quantitative estimate of drug-likeness (QED) is 0.683. The summed E-state index contributed by atoms with van der Waals surface area (Å²) in [7, 11) is 0. The molecule has 2 unspecified atom stereocenters. The van der Waals surface area contributed by atoms with Crippen LogP contribution in [0.1, 0.15) is 38.2 Å². The molecule has 0 spiro atoms. The van der Waals surface area contributed by atoms with Crippen LogP contribution < -0.4 is 16.8 Å². The Kier molecular flexibility index (Phi) is 8.89. The number of primary amides is 1. The Balaban J connectivity index is 0.00000312. The first-order valence-electron chi connectivity index (χ1n) is 8.66. The minimum absolute atomic E-state index is 0. The first-order chi connectivity index (χ1) is 11.5. The molecule has 7 heteroatoms. The van der Waals surface area contributed by atoms with Gasteiger partial charge in [-0.1, -0.05) is 25.5 Å². The van der Waals surface area contributed by atoms with E-state index < -0.39 is 6.04 Å². The van der Waals surface area contributed by atoms with Crippen LogP contribution in [0.4, 0.5) is 5.69 Å². The monoisotopic (exact) mass is 368 g/mol. The van der Waals surface area contributed by atoms with Crippen molar-refractivity contribution in [3.8, 4) is 0 Å². The fourth-order valence-corrected chi connectivity index (χ4v) is 3.06. The van der Waals surface area contributed by atoms with Crippen LogP contribution in [0.3, 0.4) is 0 Å². The van der Waals surface area contributed by atoms with Gasteiger partial charge in [0.25, 0.3) is 0 Å². The average Bonchev–Trinajstić information content (AvgIpc) is 2.57. The number of halogens is 1. The molecule has 1 heterocycles. The highest BCUT2D eigenvalue weighted by Gasteiger charge is 2.23. The van der Waals surface area contributed by atoms with Gasteiger partial charge < -0.3 is 16.8 Å². The van der Waals surface area contributed by atoms with Gasteiger partial charge in [0.2, 0.25) is 11.8 Å². The summed E-state index contributed by atoms with van der Waals surface area (Å²) in [6.07, 6.45) is 3.45. The van der Waals surface area contributed by atoms with Crippen molar-refractivity contribution in [3.05, 3.63) is 29.8 Å². The minimum Gasteiger partial charge on any atom is -0.369 e. The number of carbonyl (C=O) groups is 2. The topological polar surface area (TPSA) is 101 Å². The number of nitrogens with two attached hydrogens (primary N) is 2. The summed E-state index contributed by atoms with van der Waals surface area (Å²) in [5.74, 6) is -0.400. The van der Waals surface area contributed by atoms with Crippen LogP contribution in [0.5, 0.6) is 0 Å². The Morgan fingerprint density at radius 2 is 2.00 bits per heavy atom. The summed E-state index contributed by atoms with van der Waals surface area (Å²) in [5, 5.41) is 2.84. The summed E-state index contributed by atoms with van der Waals surface area (Å²) < 4.78 is 0. The smallest absolute Gasteiger partial charge is 0.241 e. The van der Waals surface area contributed by atoms with Crippen LogP contribution in [-0.2, 0) is 16.1 Å². The van der Waals surface area contributed by atoms with Crippen LogP contribution in [0, 0.1) is 5.92 Å². The molecule has 25 heavy (non-hydrogen) atoms. The summed E-state index contributed by atoms with van der Waals surface area (Å²) >= 11 is 0. The molecule has 1 saturated heterocycles. The summed E-state index contributed by atoms with van der Waals surface area (Å²) in [6.45, 7) is 4.49. The maximum Gasteiger partial charge on any atom is 0.241 e. The van der Waals surface area contributed by atoms with Crippen LogP contribution in [0.15, 0.2) is 24.3 Å². The molecule has 1 fully saturated rings. The number of hydrogen-bond acceptors (Lipinski definition) is 4. The lowest BCUT2D eigenvalue weighted by atomic mass is 9.97. The normalized spacial score (nSPS) is 18.9. The summed E-state index contributed by atoms with van der Waals surface area (Å²) in [4.78, 5) is 25.5. The molecule has 1 aliphatic rings. The number of piperidine rings is 1. The molecule has 0 aliphatic carbocycles. The third-order valence-corrected chi connectivity index (χ3v) is 4.47. The molecule has 6 nitrogen and oxygen atoms in total. The van der Waals surface area contributed by atoms with E-state index in [9.17, 15) is 9.59 Å². The van der Waals surface area contributed by atoms with Gasteiger partial charge in [0, 0.05) is 18.8 Å². The third kappa shape index (κ3) is 6.65. The molecule has 2 amide bonds. The van der Waals surface area contributed by atoms with E-state index in [2.05, 4.69) is 10.2 Å². The number of hydrogen-bond donors (Lipinski definition) is 3. The van der Waals surface area contributed by atoms with Gasteiger partial charge in [0.05, 0.1) is 12.0 Å². The molecule has 0 bridgehead atoms. The second kappa shape index (κ2) is 10.4. The predicted molar refractivity (Wildman–Crippen MR) is 102 cm³/mol. The maximum atomic E-state index is 11.9. The summed E-state index contributed by atoms with van der Waals surface area (Å²) in [5.41, 5.74) is 13.1. The molecular weight excluding hydrogens is 340 g/mol. The largest absolute Gasteiger partial charge is 0.369 e. The second-order valence-electron chi connectivity index (χ2n) is 6.56. The molecule has 1 aliphatic heterocycles. The zero-order chi connectivity index (χ0) is 17.5. The fraction of sp³-hybridized carbons (Fsp3) is 0.556. The zero-order valence-corrected chi connectivity index (χ0v) is 15.6. The number of rotatable bonds is 7. The molecule has 140 valence electrons. The first kappa shape index (κ1) is 21.4. The van der Waals surface area contributed by atoms with Crippen LogP contribution >= 0.6 is 12.4 Å². The number of amides is 2. The van der Waals surface area contributed by atoms with Crippen LogP contribution in [0.25, 0.3) is 0 Å². The number of anilines is 1. The molecule has 0 radical (unpaired) electrons. The van der Waals surface area contributed by atoms with Gasteiger partial charge in [-0.15, -0.1) is 12.4 Å². The highest BCUT2D eigenvalue weighted by Crippen LogP contribution is 2.19. The van der Waals surface area contributed by atoms with Gasteiger partial charge >= 0.3 is 0 Å². The highest BCUT2D eigenvalue weighted by atomic mass is 35.5. The van der Waals surface area contributed by atoms with E-state index in [4.69, 9.17) is 11.5 Å². The van der Waals surface area contributed by atoms with Crippen molar-refractivity contribution in [1.82, 2.24) is 4.90 Å². The fourth-order valence-electron chi connectivity index (χ4n) is 3.06. The van der Waals surface area contributed by atoms with Crippen LogP contribution in [0.2, 0.25) is 0 Å². The van der Waals surface area contributed by atoms with Crippen molar-refractivity contribution in [1.29, 1.82) is 0 Å². The molecular formula is C18H29ClN4O2. The van der Waals surface area contributed by atoms with E-state index in [-0.39, 0.29) is 30.1 Å². The van der Waals surface area contributed by atoms with Gasteiger partial charge in [0.15, 0.2) is 0 Å². The number of nitrogens with zero attached hydrogens (tertiary/aromatic N) is 1. The van der Waals surface area contributed by atoms with Crippen molar-refractivity contribution in [2.24, 2.45) is 17.4 Å². The van der Waals surface area contributed by atoms with E-state index in [0.717, 1.165) is 50.1 Å². The maximum absolute atomic E-state index is 11.9. The van der Waals surface area contributed by atoms with Crippen molar-refractivity contribution in [3.63, 3.8) is 0 Å². The van der Waals surface area contributed by atoms with E-state index in [1.54, 1.807) is 0 Å². The number of carbonyl (C=O) groups excluding carboxylic acids is 2. The van der Waals surface area contributed by atoms with Gasteiger partial charge in [-0.05, 0) is 43.5 Å². The van der Waals surface area contributed by atoms with Crippen molar-refractivity contribution in [2.45, 2.75) is 45.2 Å². The van der Waals surface area contributed by atoms with Crippen molar-refractivity contribution in [2.75, 3.05) is 18.4 Å². The second-order valence-corrected chi connectivity index (χ2v) is 6.56. The minimum atomic E-state index is -0.464. The zero-order valence-electron chi connectivity index (χ0n) is 14.7. The van der Waals surface area contributed by atoms with E-state index in [1.807, 2.05) is 31.2 Å². The Bertz CT molecular complexity index is 565. The lowest BCUT2D eigenvalue weighted by Gasteiger charge is -2.31. The Morgan fingerprint density at radius 3 is 2.60 bits per heavy atom. The molecule has 1 aromatic rings. The molecule has 2 atom stereocenters.